The number of allylic oxidation sites excluding steroid dienone is 2. The zero-order chi connectivity index (χ0) is 12.0. The number of carbonyl (C=O) groups excluding carboxylic acids is 1. The van der Waals surface area contributed by atoms with Gasteiger partial charge < -0.3 is 10.6 Å². The van der Waals surface area contributed by atoms with Crippen LogP contribution in [0.25, 0.3) is 0 Å². The Labute approximate surface area is 102 Å². The van der Waals surface area contributed by atoms with Crippen LogP contribution in [0.15, 0.2) is 11.8 Å². The van der Waals surface area contributed by atoms with Crippen LogP contribution < -0.4 is 5.73 Å². The van der Waals surface area contributed by atoms with Crippen LogP contribution in [-0.2, 0) is 4.79 Å². The lowest BCUT2D eigenvalue weighted by Gasteiger charge is -2.19. The third kappa shape index (κ3) is 4.18. The second kappa shape index (κ2) is 6.97. The summed E-state index contributed by atoms with van der Waals surface area (Å²) < 4.78 is 0. The molecule has 92 valence electrons. The molecule has 0 aromatic rings. The Kier molecular flexibility index (Phi) is 5.91. The summed E-state index contributed by atoms with van der Waals surface area (Å²) in [4.78, 5) is 13.7. The molecule has 0 aromatic carbocycles. The van der Waals surface area contributed by atoms with Gasteiger partial charge in [-0.05, 0) is 32.2 Å². The zero-order valence-corrected chi connectivity index (χ0v) is 11.1. The molecule has 1 atom stereocenters. The minimum atomic E-state index is 0.210. The molecule has 0 saturated carbocycles. The van der Waals surface area contributed by atoms with Gasteiger partial charge in [-0.3, -0.25) is 4.79 Å². The molecule has 1 aliphatic carbocycles. The Morgan fingerprint density at radius 2 is 2.44 bits per heavy atom. The Morgan fingerprint density at radius 1 is 1.69 bits per heavy atom. The molecular formula is C12H22N2OS. The van der Waals surface area contributed by atoms with E-state index in [1.807, 2.05) is 11.9 Å². The Hall–Kier alpha value is -0.480. The van der Waals surface area contributed by atoms with Gasteiger partial charge >= 0.3 is 0 Å². The molecule has 0 aliphatic heterocycles. The van der Waals surface area contributed by atoms with Crippen molar-refractivity contribution in [1.82, 2.24) is 4.90 Å². The molecule has 0 spiro atoms. The topological polar surface area (TPSA) is 46.3 Å². The van der Waals surface area contributed by atoms with Crippen LogP contribution in [0.1, 0.15) is 32.6 Å². The van der Waals surface area contributed by atoms with Crippen LogP contribution in [0.2, 0.25) is 0 Å². The highest BCUT2D eigenvalue weighted by molar-refractivity contribution is 8.00. The molecule has 3 nitrogen and oxygen atoms in total. The molecule has 16 heavy (non-hydrogen) atoms. The molecule has 0 bridgehead atoms. The second-order valence-electron chi connectivity index (χ2n) is 4.24. The maximum atomic E-state index is 11.9. The standard InChI is InChI=1S/C12H22N2OS/c1-10(7-8-13)16-9-12(15)14(2)11-5-3-4-6-11/h5,10H,3-4,6-9,13H2,1-2H3. The first-order valence-corrected chi connectivity index (χ1v) is 6.97. The molecule has 1 aliphatic rings. The fourth-order valence-corrected chi connectivity index (χ4v) is 2.67. The minimum Gasteiger partial charge on any atom is -0.330 e. The van der Waals surface area contributed by atoms with E-state index in [0.717, 1.165) is 19.3 Å². The number of hydrogen-bond acceptors (Lipinski definition) is 3. The summed E-state index contributed by atoms with van der Waals surface area (Å²) >= 11 is 1.70. The van der Waals surface area contributed by atoms with Gasteiger partial charge in [-0.1, -0.05) is 13.0 Å². The molecule has 0 fully saturated rings. The van der Waals surface area contributed by atoms with Gasteiger partial charge in [0.25, 0.3) is 0 Å². The van der Waals surface area contributed by atoms with E-state index in [-0.39, 0.29) is 5.91 Å². The third-order valence-electron chi connectivity index (χ3n) is 2.89. The smallest absolute Gasteiger partial charge is 0.236 e. The van der Waals surface area contributed by atoms with Crippen LogP contribution in [0.4, 0.5) is 0 Å². The lowest BCUT2D eigenvalue weighted by Crippen LogP contribution is -2.27. The van der Waals surface area contributed by atoms with E-state index in [1.54, 1.807) is 11.8 Å². The van der Waals surface area contributed by atoms with Gasteiger partial charge in [0, 0.05) is 18.0 Å². The quantitative estimate of drug-likeness (QED) is 0.774. The highest BCUT2D eigenvalue weighted by atomic mass is 32.2. The molecule has 0 aromatic heterocycles. The van der Waals surface area contributed by atoms with Crippen LogP contribution in [0, 0.1) is 0 Å². The molecule has 0 heterocycles. The first kappa shape index (κ1) is 13.6. The summed E-state index contributed by atoms with van der Waals surface area (Å²) in [6.07, 6.45) is 6.49. The predicted octanol–water partition coefficient (Wildman–Crippen LogP) is 1.98. The van der Waals surface area contributed by atoms with Crippen molar-refractivity contribution in [1.29, 1.82) is 0 Å². The largest absolute Gasteiger partial charge is 0.330 e. The van der Waals surface area contributed by atoms with Gasteiger partial charge in [-0.2, -0.15) is 0 Å². The average molecular weight is 242 g/mol. The molecular weight excluding hydrogens is 220 g/mol. The maximum Gasteiger partial charge on any atom is 0.236 e. The summed E-state index contributed by atoms with van der Waals surface area (Å²) in [5.41, 5.74) is 6.67. The second-order valence-corrected chi connectivity index (χ2v) is 5.67. The molecule has 1 amide bonds. The van der Waals surface area contributed by atoms with E-state index in [2.05, 4.69) is 13.0 Å². The van der Waals surface area contributed by atoms with Crippen molar-refractivity contribution in [2.45, 2.75) is 37.9 Å². The Bertz CT molecular complexity index is 266. The monoisotopic (exact) mass is 242 g/mol. The van der Waals surface area contributed by atoms with Crippen molar-refractivity contribution in [3.63, 3.8) is 0 Å². The number of rotatable bonds is 6. The fraction of sp³-hybridized carbons (Fsp3) is 0.750. The first-order chi connectivity index (χ1) is 7.65. The molecule has 2 N–H and O–H groups in total. The number of thioether (sulfide) groups is 1. The van der Waals surface area contributed by atoms with Gasteiger partial charge in [0.1, 0.15) is 0 Å². The summed E-state index contributed by atoms with van der Waals surface area (Å²) in [6, 6.07) is 0. The van der Waals surface area contributed by atoms with E-state index in [4.69, 9.17) is 5.73 Å². The van der Waals surface area contributed by atoms with Gasteiger partial charge in [0.05, 0.1) is 5.75 Å². The lowest BCUT2D eigenvalue weighted by atomic mass is 10.3. The van der Waals surface area contributed by atoms with Crippen molar-refractivity contribution < 1.29 is 4.79 Å². The zero-order valence-electron chi connectivity index (χ0n) is 10.2. The highest BCUT2D eigenvalue weighted by Gasteiger charge is 2.16. The van der Waals surface area contributed by atoms with Crippen LogP contribution in [0.5, 0.6) is 0 Å². The third-order valence-corrected chi connectivity index (χ3v) is 4.10. The normalized spacial score (nSPS) is 17.1. The van der Waals surface area contributed by atoms with E-state index in [0.29, 0.717) is 17.5 Å². The molecule has 4 heteroatoms. The van der Waals surface area contributed by atoms with Crippen molar-refractivity contribution in [2.24, 2.45) is 5.73 Å². The number of carbonyl (C=O) groups is 1. The molecule has 0 radical (unpaired) electrons. The van der Waals surface area contributed by atoms with Gasteiger partial charge in [-0.15, -0.1) is 11.8 Å². The Morgan fingerprint density at radius 3 is 3.00 bits per heavy atom. The molecule has 0 saturated heterocycles. The van der Waals surface area contributed by atoms with E-state index in [1.165, 1.54) is 12.1 Å². The highest BCUT2D eigenvalue weighted by Crippen LogP contribution is 2.21. The molecule has 1 unspecified atom stereocenters. The summed E-state index contributed by atoms with van der Waals surface area (Å²) in [7, 11) is 1.88. The predicted molar refractivity (Wildman–Crippen MR) is 70.3 cm³/mol. The van der Waals surface area contributed by atoms with Gasteiger partial charge in [0.15, 0.2) is 0 Å². The van der Waals surface area contributed by atoms with Crippen molar-refractivity contribution in [3.8, 4) is 0 Å². The summed E-state index contributed by atoms with van der Waals surface area (Å²) in [6.45, 7) is 2.82. The SMILES string of the molecule is CC(CCN)SCC(=O)N(C)C1=CCCC1. The summed E-state index contributed by atoms with van der Waals surface area (Å²) in [5, 5.41) is 0.472. The first-order valence-electron chi connectivity index (χ1n) is 5.92. The van der Waals surface area contributed by atoms with Crippen molar-refractivity contribution in [2.75, 3.05) is 19.3 Å². The van der Waals surface area contributed by atoms with Crippen molar-refractivity contribution >= 4 is 17.7 Å². The van der Waals surface area contributed by atoms with Gasteiger partial charge in [-0.25, -0.2) is 0 Å². The fourth-order valence-electron chi connectivity index (χ4n) is 1.75. The molecule has 1 rings (SSSR count). The number of amides is 1. The Balaban J connectivity index is 2.28. The van der Waals surface area contributed by atoms with Crippen LogP contribution in [0.3, 0.4) is 0 Å². The number of nitrogens with zero attached hydrogens (tertiary/aromatic N) is 1. The average Bonchev–Trinajstić information content (AvgIpc) is 2.78. The van der Waals surface area contributed by atoms with Crippen LogP contribution >= 0.6 is 11.8 Å². The van der Waals surface area contributed by atoms with E-state index in [9.17, 15) is 4.79 Å². The minimum absolute atomic E-state index is 0.210. The lowest BCUT2D eigenvalue weighted by molar-refractivity contribution is -0.125. The maximum absolute atomic E-state index is 11.9. The van der Waals surface area contributed by atoms with Crippen molar-refractivity contribution in [3.05, 3.63) is 11.8 Å². The number of nitrogens with two attached hydrogens (primary N) is 1. The van der Waals surface area contributed by atoms with E-state index < -0.39 is 0 Å². The van der Waals surface area contributed by atoms with Crippen LogP contribution in [-0.4, -0.2) is 35.4 Å². The number of hydrogen-bond donors (Lipinski definition) is 1. The van der Waals surface area contributed by atoms with E-state index >= 15 is 0 Å². The summed E-state index contributed by atoms with van der Waals surface area (Å²) in [5.74, 6) is 0.775. The van der Waals surface area contributed by atoms with Gasteiger partial charge in [0.2, 0.25) is 5.91 Å².